The number of nitrogens with one attached hydrogen (secondary N) is 2. The summed E-state index contributed by atoms with van der Waals surface area (Å²) >= 11 is 0. The van der Waals surface area contributed by atoms with E-state index in [0.29, 0.717) is 19.7 Å². The van der Waals surface area contributed by atoms with Gasteiger partial charge in [0.1, 0.15) is 0 Å². The predicted octanol–water partition coefficient (Wildman–Crippen LogP) is -0.0887. The van der Waals surface area contributed by atoms with Crippen molar-refractivity contribution in [2.24, 2.45) is 5.92 Å². The lowest BCUT2D eigenvalue weighted by molar-refractivity contribution is -0.147. The quantitative estimate of drug-likeness (QED) is 0.584. The smallest absolute Gasteiger partial charge is 0.309 e. The summed E-state index contributed by atoms with van der Waals surface area (Å²) in [5.74, 6) is -0.520. The molecule has 0 spiro atoms. The Morgan fingerprint density at radius 1 is 1.33 bits per heavy atom. The summed E-state index contributed by atoms with van der Waals surface area (Å²) in [5, 5.41) is 5.55. The molecule has 15 heavy (non-hydrogen) atoms. The highest BCUT2D eigenvalue weighted by Gasteiger charge is 2.13. The minimum absolute atomic E-state index is 0.0615. The van der Waals surface area contributed by atoms with Crippen molar-refractivity contribution in [2.75, 3.05) is 26.2 Å². The number of esters is 1. The molecule has 1 unspecified atom stereocenters. The third-order valence-electron chi connectivity index (χ3n) is 1.80. The zero-order valence-electron chi connectivity index (χ0n) is 9.63. The Morgan fingerprint density at radius 2 is 2.00 bits per heavy atom. The average molecular weight is 216 g/mol. The molecule has 0 aliphatic carbocycles. The molecule has 5 heteroatoms. The van der Waals surface area contributed by atoms with E-state index < -0.39 is 0 Å². The topological polar surface area (TPSA) is 67.4 Å². The molecular weight excluding hydrogens is 196 g/mol. The van der Waals surface area contributed by atoms with Crippen LogP contribution in [0.3, 0.4) is 0 Å². The normalized spacial score (nSPS) is 11.9. The van der Waals surface area contributed by atoms with Crippen LogP contribution in [0.25, 0.3) is 0 Å². The largest absolute Gasteiger partial charge is 0.466 e. The van der Waals surface area contributed by atoms with Gasteiger partial charge in [-0.15, -0.1) is 0 Å². The number of rotatable bonds is 7. The van der Waals surface area contributed by atoms with Crippen molar-refractivity contribution in [1.29, 1.82) is 0 Å². The molecule has 0 aromatic heterocycles. The van der Waals surface area contributed by atoms with Gasteiger partial charge in [0.2, 0.25) is 5.91 Å². The highest BCUT2D eigenvalue weighted by atomic mass is 16.5. The molecule has 0 bridgehead atoms. The van der Waals surface area contributed by atoms with Crippen molar-refractivity contribution in [3.05, 3.63) is 0 Å². The van der Waals surface area contributed by atoms with Crippen LogP contribution in [0.2, 0.25) is 0 Å². The molecule has 0 aromatic rings. The Labute approximate surface area is 90.6 Å². The van der Waals surface area contributed by atoms with Crippen LogP contribution >= 0.6 is 0 Å². The predicted molar refractivity (Wildman–Crippen MR) is 57.4 cm³/mol. The number of hydrogen-bond donors (Lipinski definition) is 2. The number of ether oxygens (including phenoxy) is 1. The second-order valence-corrected chi connectivity index (χ2v) is 3.24. The van der Waals surface area contributed by atoms with Gasteiger partial charge in [0, 0.05) is 13.1 Å². The zero-order chi connectivity index (χ0) is 11.7. The van der Waals surface area contributed by atoms with Crippen molar-refractivity contribution in [1.82, 2.24) is 10.6 Å². The van der Waals surface area contributed by atoms with E-state index in [2.05, 4.69) is 10.6 Å². The van der Waals surface area contributed by atoms with E-state index in [1.54, 1.807) is 13.8 Å². The molecule has 0 aromatic carbocycles. The summed E-state index contributed by atoms with van der Waals surface area (Å²) in [7, 11) is 0. The summed E-state index contributed by atoms with van der Waals surface area (Å²) in [6.45, 7) is 7.09. The minimum Gasteiger partial charge on any atom is -0.466 e. The van der Waals surface area contributed by atoms with Gasteiger partial charge < -0.3 is 15.4 Å². The molecule has 1 atom stereocenters. The van der Waals surface area contributed by atoms with Crippen molar-refractivity contribution >= 4 is 11.9 Å². The van der Waals surface area contributed by atoms with Crippen LogP contribution in [0.15, 0.2) is 0 Å². The fourth-order valence-electron chi connectivity index (χ4n) is 1.03. The van der Waals surface area contributed by atoms with Gasteiger partial charge in [-0.2, -0.15) is 0 Å². The first kappa shape index (κ1) is 13.9. The molecule has 0 fully saturated rings. The molecule has 0 saturated heterocycles. The minimum atomic E-state index is -0.235. The summed E-state index contributed by atoms with van der Waals surface area (Å²) in [5.41, 5.74) is 0. The van der Waals surface area contributed by atoms with Crippen LogP contribution in [-0.2, 0) is 14.3 Å². The third-order valence-corrected chi connectivity index (χ3v) is 1.80. The molecule has 88 valence electrons. The van der Waals surface area contributed by atoms with E-state index in [-0.39, 0.29) is 24.3 Å². The Bertz CT molecular complexity index is 207. The van der Waals surface area contributed by atoms with Crippen LogP contribution in [0.5, 0.6) is 0 Å². The molecule has 0 saturated carbocycles. The molecular formula is C10H20N2O3. The number of carbonyl (C=O) groups is 2. The Balaban J connectivity index is 3.58. The molecule has 0 radical (unpaired) electrons. The fraction of sp³-hybridized carbons (Fsp3) is 0.800. The van der Waals surface area contributed by atoms with Crippen molar-refractivity contribution in [3.63, 3.8) is 0 Å². The molecule has 2 N–H and O–H groups in total. The number of carbonyl (C=O) groups excluding carboxylic acids is 2. The van der Waals surface area contributed by atoms with Gasteiger partial charge in [0.25, 0.3) is 0 Å². The molecule has 1 amide bonds. The highest BCUT2D eigenvalue weighted by Crippen LogP contribution is 1.95. The van der Waals surface area contributed by atoms with Crippen LogP contribution in [-0.4, -0.2) is 38.1 Å². The van der Waals surface area contributed by atoms with E-state index >= 15 is 0 Å². The van der Waals surface area contributed by atoms with Gasteiger partial charge in [-0.1, -0.05) is 6.92 Å². The van der Waals surface area contributed by atoms with E-state index in [0.717, 1.165) is 0 Å². The van der Waals surface area contributed by atoms with Gasteiger partial charge >= 0.3 is 5.97 Å². The van der Waals surface area contributed by atoms with Gasteiger partial charge in [-0.3, -0.25) is 9.59 Å². The van der Waals surface area contributed by atoms with E-state index in [9.17, 15) is 9.59 Å². The molecule has 0 aliphatic rings. The summed E-state index contributed by atoms with van der Waals surface area (Å²) in [4.78, 5) is 22.2. The van der Waals surface area contributed by atoms with Crippen LogP contribution in [0.4, 0.5) is 0 Å². The second kappa shape index (κ2) is 8.23. The van der Waals surface area contributed by atoms with Crippen molar-refractivity contribution in [3.8, 4) is 0 Å². The summed E-state index contributed by atoms with van der Waals surface area (Å²) in [6.07, 6.45) is 0. The molecule has 5 nitrogen and oxygen atoms in total. The van der Waals surface area contributed by atoms with E-state index in [1.807, 2.05) is 6.92 Å². The Kier molecular flexibility index (Phi) is 7.62. The van der Waals surface area contributed by atoms with Gasteiger partial charge in [-0.25, -0.2) is 0 Å². The van der Waals surface area contributed by atoms with Crippen molar-refractivity contribution in [2.45, 2.75) is 20.8 Å². The lowest BCUT2D eigenvalue weighted by Gasteiger charge is -2.11. The standard InChI is InChI=1S/C10H20N2O3/c1-4-12-9(13)7-11-6-8(3)10(14)15-5-2/h8,11H,4-7H2,1-3H3,(H,12,13). The number of hydrogen-bond acceptors (Lipinski definition) is 4. The maximum atomic E-state index is 11.2. The van der Waals surface area contributed by atoms with Crippen LogP contribution in [0.1, 0.15) is 20.8 Å². The van der Waals surface area contributed by atoms with Gasteiger partial charge in [-0.05, 0) is 13.8 Å². The summed E-state index contributed by atoms with van der Waals surface area (Å²) < 4.78 is 4.83. The lowest BCUT2D eigenvalue weighted by atomic mass is 10.2. The highest BCUT2D eigenvalue weighted by molar-refractivity contribution is 5.78. The van der Waals surface area contributed by atoms with Gasteiger partial charge in [0.05, 0.1) is 19.1 Å². The fourth-order valence-corrected chi connectivity index (χ4v) is 1.03. The Hall–Kier alpha value is -1.10. The zero-order valence-corrected chi connectivity index (χ0v) is 9.63. The monoisotopic (exact) mass is 216 g/mol. The SMILES string of the molecule is CCNC(=O)CNCC(C)C(=O)OCC. The molecule has 0 rings (SSSR count). The van der Waals surface area contributed by atoms with Crippen molar-refractivity contribution < 1.29 is 14.3 Å². The first-order chi connectivity index (χ1) is 7.11. The summed E-state index contributed by atoms with van der Waals surface area (Å²) in [6, 6.07) is 0. The molecule has 0 heterocycles. The maximum absolute atomic E-state index is 11.2. The number of amides is 1. The third kappa shape index (κ3) is 6.90. The maximum Gasteiger partial charge on any atom is 0.309 e. The van der Waals surface area contributed by atoms with Gasteiger partial charge in [0.15, 0.2) is 0 Å². The molecule has 0 aliphatic heterocycles. The second-order valence-electron chi connectivity index (χ2n) is 3.24. The van der Waals surface area contributed by atoms with Crippen LogP contribution < -0.4 is 10.6 Å². The van der Waals surface area contributed by atoms with E-state index in [4.69, 9.17) is 4.74 Å². The lowest BCUT2D eigenvalue weighted by Crippen LogP contribution is -2.37. The van der Waals surface area contributed by atoms with E-state index in [1.165, 1.54) is 0 Å². The Morgan fingerprint density at radius 3 is 2.53 bits per heavy atom. The first-order valence-corrected chi connectivity index (χ1v) is 5.25. The average Bonchev–Trinajstić information content (AvgIpc) is 2.18. The first-order valence-electron chi connectivity index (χ1n) is 5.25. The number of likely N-dealkylation sites (N-methyl/N-ethyl adjacent to an activating group) is 1. The van der Waals surface area contributed by atoms with Crippen LogP contribution in [0, 0.1) is 5.92 Å².